The summed E-state index contributed by atoms with van der Waals surface area (Å²) in [6.07, 6.45) is 0.995. The summed E-state index contributed by atoms with van der Waals surface area (Å²) < 4.78 is 5.58. The number of nitrogens with zero attached hydrogens (tertiary/aromatic N) is 2. The minimum atomic E-state index is -0.0595. The molecule has 1 aromatic carbocycles. The molecule has 2 rings (SSSR count). The van der Waals surface area contributed by atoms with Crippen molar-refractivity contribution in [3.05, 3.63) is 36.0 Å². The Morgan fingerprint density at radius 1 is 1.10 bits per heavy atom. The SMILES string of the molecule is CCCOc1ccc(-c2nc(N)cc(C(C)(C)C)n2)cc1. The Bertz CT molecular complexity index is 600. The van der Waals surface area contributed by atoms with Crippen molar-refractivity contribution in [2.45, 2.75) is 39.5 Å². The standard InChI is InChI=1S/C17H23N3O/c1-5-10-21-13-8-6-12(7-9-13)16-19-14(17(2,3)4)11-15(18)20-16/h6-9,11H,5,10H2,1-4H3,(H2,18,19,20). The maximum atomic E-state index is 5.91. The number of anilines is 1. The molecule has 21 heavy (non-hydrogen) atoms. The Balaban J connectivity index is 2.31. The van der Waals surface area contributed by atoms with E-state index in [4.69, 9.17) is 10.5 Å². The van der Waals surface area contributed by atoms with Crippen molar-refractivity contribution in [1.29, 1.82) is 0 Å². The number of nitrogens with two attached hydrogens (primary N) is 1. The molecule has 0 unspecified atom stereocenters. The topological polar surface area (TPSA) is 61.0 Å². The maximum absolute atomic E-state index is 5.91. The molecule has 2 N–H and O–H groups in total. The third kappa shape index (κ3) is 3.94. The number of rotatable bonds is 4. The summed E-state index contributed by atoms with van der Waals surface area (Å²) in [5.41, 5.74) is 7.74. The van der Waals surface area contributed by atoms with Gasteiger partial charge in [0.1, 0.15) is 11.6 Å². The largest absolute Gasteiger partial charge is 0.494 e. The Labute approximate surface area is 126 Å². The van der Waals surface area contributed by atoms with Crippen LogP contribution in [0.3, 0.4) is 0 Å². The van der Waals surface area contributed by atoms with Gasteiger partial charge in [0.25, 0.3) is 0 Å². The van der Waals surface area contributed by atoms with Crippen LogP contribution in [0.1, 0.15) is 39.8 Å². The van der Waals surface area contributed by atoms with E-state index < -0.39 is 0 Å². The molecule has 0 aliphatic heterocycles. The summed E-state index contributed by atoms with van der Waals surface area (Å²) in [6, 6.07) is 9.64. The molecular weight excluding hydrogens is 262 g/mol. The second kappa shape index (κ2) is 6.12. The van der Waals surface area contributed by atoms with Crippen LogP contribution in [0.2, 0.25) is 0 Å². The molecule has 0 atom stereocenters. The predicted molar refractivity (Wildman–Crippen MR) is 86.4 cm³/mol. The lowest BCUT2D eigenvalue weighted by atomic mass is 9.92. The van der Waals surface area contributed by atoms with E-state index in [9.17, 15) is 0 Å². The van der Waals surface area contributed by atoms with Crippen molar-refractivity contribution >= 4 is 5.82 Å². The fourth-order valence-electron chi connectivity index (χ4n) is 1.90. The Hall–Kier alpha value is -2.10. The van der Waals surface area contributed by atoms with Gasteiger partial charge in [-0.05, 0) is 30.7 Å². The number of benzene rings is 1. The van der Waals surface area contributed by atoms with E-state index in [2.05, 4.69) is 37.7 Å². The molecule has 0 bridgehead atoms. The summed E-state index contributed by atoms with van der Waals surface area (Å²) in [5.74, 6) is 2.01. The molecule has 0 saturated heterocycles. The van der Waals surface area contributed by atoms with Crippen LogP contribution in [0.5, 0.6) is 5.75 Å². The highest BCUT2D eigenvalue weighted by molar-refractivity contribution is 5.58. The van der Waals surface area contributed by atoms with Gasteiger partial charge in [-0.2, -0.15) is 0 Å². The van der Waals surface area contributed by atoms with Crippen molar-refractivity contribution in [2.75, 3.05) is 12.3 Å². The van der Waals surface area contributed by atoms with Gasteiger partial charge < -0.3 is 10.5 Å². The average Bonchev–Trinajstić information content (AvgIpc) is 2.44. The quantitative estimate of drug-likeness (QED) is 0.927. The second-order valence-electron chi connectivity index (χ2n) is 6.12. The summed E-state index contributed by atoms with van der Waals surface area (Å²) in [6.45, 7) is 9.14. The first kappa shape index (κ1) is 15.3. The van der Waals surface area contributed by atoms with Gasteiger partial charge in [0, 0.05) is 17.0 Å². The smallest absolute Gasteiger partial charge is 0.161 e. The molecule has 4 heteroatoms. The lowest BCUT2D eigenvalue weighted by Gasteiger charge is -2.18. The first-order chi connectivity index (χ1) is 9.90. The van der Waals surface area contributed by atoms with Crippen LogP contribution >= 0.6 is 0 Å². The van der Waals surface area contributed by atoms with Crippen LogP contribution in [0.15, 0.2) is 30.3 Å². The van der Waals surface area contributed by atoms with E-state index in [0.29, 0.717) is 11.6 Å². The monoisotopic (exact) mass is 285 g/mol. The number of aromatic nitrogens is 2. The fourth-order valence-corrected chi connectivity index (χ4v) is 1.90. The first-order valence-corrected chi connectivity index (χ1v) is 7.28. The molecule has 1 heterocycles. The third-order valence-electron chi connectivity index (χ3n) is 3.10. The van der Waals surface area contributed by atoms with E-state index in [1.165, 1.54) is 0 Å². The van der Waals surface area contributed by atoms with Gasteiger partial charge in [0.05, 0.1) is 12.3 Å². The molecule has 0 radical (unpaired) electrons. The minimum Gasteiger partial charge on any atom is -0.494 e. The maximum Gasteiger partial charge on any atom is 0.161 e. The molecular formula is C17H23N3O. The highest BCUT2D eigenvalue weighted by Gasteiger charge is 2.17. The van der Waals surface area contributed by atoms with E-state index in [0.717, 1.165) is 30.0 Å². The van der Waals surface area contributed by atoms with Gasteiger partial charge >= 0.3 is 0 Å². The summed E-state index contributed by atoms with van der Waals surface area (Å²) in [4.78, 5) is 8.97. The number of ether oxygens (including phenoxy) is 1. The van der Waals surface area contributed by atoms with Crippen LogP contribution in [-0.2, 0) is 5.41 Å². The minimum absolute atomic E-state index is 0.0595. The van der Waals surface area contributed by atoms with Gasteiger partial charge in [0.15, 0.2) is 5.82 Å². The molecule has 0 spiro atoms. The second-order valence-corrected chi connectivity index (χ2v) is 6.12. The van der Waals surface area contributed by atoms with Crippen LogP contribution in [0.4, 0.5) is 5.82 Å². The lowest BCUT2D eigenvalue weighted by Crippen LogP contribution is -2.15. The molecule has 112 valence electrons. The Morgan fingerprint density at radius 2 is 1.76 bits per heavy atom. The Morgan fingerprint density at radius 3 is 2.33 bits per heavy atom. The van der Waals surface area contributed by atoms with Crippen molar-refractivity contribution in [3.8, 4) is 17.1 Å². The highest BCUT2D eigenvalue weighted by Crippen LogP contribution is 2.25. The molecule has 2 aromatic rings. The van der Waals surface area contributed by atoms with E-state index in [1.807, 2.05) is 30.3 Å². The van der Waals surface area contributed by atoms with Gasteiger partial charge in [-0.3, -0.25) is 0 Å². The lowest BCUT2D eigenvalue weighted by molar-refractivity contribution is 0.317. The molecule has 0 fully saturated rings. The van der Waals surface area contributed by atoms with E-state index in [1.54, 1.807) is 0 Å². The molecule has 1 aromatic heterocycles. The van der Waals surface area contributed by atoms with Crippen molar-refractivity contribution < 1.29 is 4.74 Å². The Kier molecular flexibility index (Phi) is 4.46. The summed E-state index contributed by atoms with van der Waals surface area (Å²) >= 11 is 0. The van der Waals surface area contributed by atoms with Crippen LogP contribution in [0.25, 0.3) is 11.4 Å². The predicted octanol–water partition coefficient (Wildman–Crippen LogP) is 3.81. The van der Waals surface area contributed by atoms with E-state index >= 15 is 0 Å². The van der Waals surface area contributed by atoms with Crippen LogP contribution in [-0.4, -0.2) is 16.6 Å². The van der Waals surface area contributed by atoms with Gasteiger partial charge in [0.2, 0.25) is 0 Å². The van der Waals surface area contributed by atoms with Gasteiger partial charge in [-0.1, -0.05) is 27.7 Å². The highest BCUT2D eigenvalue weighted by atomic mass is 16.5. The van der Waals surface area contributed by atoms with Crippen molar-refractivity contribution in [2.24, 2.45) is 0 Å². The fraction of sp³-hybridized carbons (Fsp3) is 0.412. The zero-order chi connectivity index (χ0) is 15.5. The molecule has 0 amide bonds. The molecule has 0 saturated carbocycles. The number of hydrogen-bond donors (Lipinski definition) is 1. The van der Waals surface area contributed by atoms with Crippen LogP contribution in [0, 0.1) is 0 Å². The third-order valence-corrected chi connectivity index (χ3v) is 3.10. The van der Waals surface area contributed by atoms with Gasteiger partial charge in [-0.15, -0.1) is 0 Å². The molecule has 0 aliphatic rings. The first-order valence-electron chi connectivity index (χ1n) is 7.28. The zero-order valence-corrected chi connectivity index (χ0v) is 13.2. The zero-order valence-electron chi connectivity index (χ0n) is 13.2. The van der Waals surface area contributed by atoms with Gasteiger partial charge in [-0.25, -0.2) is 9.97 Å². The van der Waals surface area contributed by atoms with Crippen molar-refractivity contribution in [1.82, 2.24) is 9.97 Å². The average molecular weight is 285 g/mol. The van der Waals surface area contributed by atoms with Crippen LogP contribution < -0.4 is 10.5 Å². The molecule has 0 aliphatic carbocycles. The summed E-state index contributed by atoms with van der Waals surface area (Å²) in [5, 5.41) is 0. The number of hydrogen-bond acceptors (Lipinski definition) is 4. The van der Waals surface area contributed by atoms with Crippen molar-refractivity contribution in [3.63, 3.8) is 0 Å². The summed E-state index contributed by atoms with van der Waals surface area (Å²) in [7, 11) is 0. The molecule has 4 nitrogen and oxygen atoms in total. The van der Waals surface area contributed by atoms with E-state index in [-0.39, 0.29) is 5.41 Å². The normalized spacial score (nSPS) is 11.4. The number of nitrogen functional groups attached to an aromatic ring is 1.